The summed E-state index contributed by atoms with van der Waals surface area (Å²) in [6.45, 7) is 2.39. The summed E-state index contributed by atoms with van der Waals surface area (Å²) in [6.07, 6.45) is 12.5. The van der Waals surface area contributed by atoms with E-state index in [4.69, 9.17) is 0 Å². The molecule has 1 heterocycles. The van der Waals surface area contributed by atoms with Crippen LogP contribution >= 0.6 is 7.92 Å². The van der Waals surface area contributed by atoms with Crippen molar-refractivity contribution in [1.29, 1.82) is 0 Å². The van der Waals surface area contributed by atoms with Crippen molar-refractivity contribution < 1.29 is 32.6 Å². The van der Waals surface area contributed by atoms with E-state index in [0.29, 0.717) is 2.86 Å². The summed E-state index contributed by atoms with van der Waals surface area (Å²) in [5.74, 6) is 0. The maximum absolute atomic E-state index is 2.59. The Balaban J connectivity index is 0.000000735. The summed E-state index contributed by atoms with van der Waals surface area (Å²) in [6, 6.07) is 9.10. The van der Waals surface area contributed by atoms with E-state index in [-0.39, 0.29) is 17.3 Å². The first-order valence-corrected chi connectivity index (χ1v) is 10.6. The molecule has 3 aliphatic rings. The van der Waals surface area contributed by atoms with E-state index in [0.717, 1.165) is 0 Å². The molecule has 1 aliphatic heterocycles. The molecular formula is C16H15F2PZr. The predicted octanol–water partition coefficient (Wildman–Crippen LogP) is -1.36. The second kappa shape index (κ2) is 5.78. The Labute approximate surface area is 131 Å². The van der Waals surface area contributed by atoms with Crippen molar-refractivity contribution in [1.82, 2.24) is 0 Å². The molecular weight excluding hydrogens is 352 g/mol. The SMILES string of the molecule is CCP1C2=[C](CC=C2)[Zr+2][C]12C=Cc1ccccc12.[F-].[F-]. The monoisotopic (exact) mass is 366 g/mol. The third-order valence-corrected chi connectivity index (χ3v) is 14.1. The molecule has 0 bridgehead atoms. The molecule has 0 radical (unpaired) electrons. The van der Waals surface area contributed by atoms with Crippen molar-refractivity contribution >= 4 is 14.0 Å². The quantitative estimate of drug-likeness (QED) is 0.538. The first kappa shape index (κ1) is 16.0. The molecule has 0 aromatic heterocycles. The van der Waals surface area contributed by atoms with Gasteiger partial charge in [-0.2, -0.15) is 0 Å². The van der Waals surface area contributed by atoms with Gasteiger partial charge in [-0.3, -0.25) is 0 Å². The van der Waals surface area contributed by atoms with Crippen LogP contribution in [0.2, 0.25) is 0 Å². The van der Waals surface area contributed by atoms with E-state index in [1.54, 1.807) is 10.9 Å². The minimum Gasteiger partial charge on any atom is -1.00 e. The molecule has 4 heteroatoms. The van der Waals surface area contributed by atoms with E-state index in [1.807, 2.05) is 3.28 Å². The van der Waals surface area contributed by atoms with E-state index >= 15 is 0 Å². The Kier molecular flexibility index (Phi) is 4.62. The average Bonchev–Trinajstić information content (AvgIpc) is 3.05. The van der Waals surface area contributed by atoms with Crippen molar-refractivity contribution in [2.24, 2.45) is 0 Å². The first-order valence-electron chi connectivity index (χ1n) is 6.59. The fraction of sp³-hybridized carbons (Fsp3) is 0.250. The standard InChI is InChI=1S/C16H15P.2FH.Zr/c1-2-17(14-8-4-5-9-14)16-12-11-13-7-3-6-10-15(13)16;;;/h3-4,6-8,10-12H,2,5H2,1H3;2*1H;/q;;;+2/p-2. The molecule has 0 saturated heterocycles. The van der Waals surface area contributed by atoms with Gasteiger partial charge in [0.1, 0.15) is 0 Å². The topological polar surface area (TPSA) is 0 Å². The molecule has 2 aliphatic carbocycles. The maximum atomic E-state index is 2.59. The Morgan fingerprint density at radius 2 is 2.00 bits per heavy atom. The summed E-state index contributed by atoms with van der Waals surface area (Å²) >= 11 is -0.487. The molecule has 0 amide bonds. The summed E-state index contributed by atoms with van der Waals surface area (Å²) in [7, 11) is 0.0263. The van der Waals surface area contributed by atoms with Gasteiger partial charge in [-0.25, -0.2) is 0 Å². The van der Waals surface area contributed by atoms with Crippen LogP contribution < -0.4 is 9.41 Å². The molecule has 0 fully saturated rings. The number of allylic oxidation sites excluding steroid dienone is 5. The summed E-state index contributed by atoms with van der Waals surface area (Å²) < 4.78 is 2.40. The summed E-state index contributed by atoms with van der Waals surface area (Å²) in [5.41, 5.74) is 3.15. The second-order valence-electron chi connectivity index (χ2n) is 5.03. The van der Waals surface area contributed by atoms with Crippen molar-refractivity contribution in [3.63, 3.8) is 0 Å². The minimum absolute atomic E-state index is 0. The smallest absolute Gasteiger partial charge is 1.00 e. The van der Waals surface area contributed by atoms with Gasteiger partial charge in [0.2, 0.25) is 0 Å². The molecule has 102 valence electrons. The molecule has 0 nitrogen and oxygen atoms in total. The molecule has 1 aromatic rings. The van der Waals surface area contributed by atoms with E-state index in [2.05, 4.69) is 55.5 Å². The van der Waals surface area contributed by atoms with E-state index < -0.39 is 23.2 Å². The predicted molar refractivity (Wildman–Crippen MR) is 75.4 cm³/mol. The van der Waals surface area contributed by atoms with Gasteiger partial charge >= 0.3 is 122 Å². The van der Waals surface area contributed by atoms with Crippen LogP contribution in [0.4, 0.5) is 0 Å². The summed E-state index contributed by atoms with van der Waals surface area (Å²) in [4.78, 5) is 0. The number of halogens is 2. The van der Waals surface area contributed by atoms with Crippen LogP contribution in [-0.4, -0.2) is 6.16 Å². The van der Waals surface area contributed by atoms with Crippen LogP contribution in [0.25, 0.3) is 6.08 Å². The fourth-order valence-electron chi connectivity index (χ4n) is 3.40. The maximum Gasteiger partial charge on any atom is -1.00 e. The number of rotatable bonds is 1. The van der Waals surface area contributed by atoms with Gasteiger partial charge in [-0.1, -0.05) is 0 Å². The largest absolute Gasteiger partial charge is 1.00 e. The Morgan fingerprint density at radius 1 is 1.20 bits per heavy atom. The third-order valence-electron chi connectivity index (χ3n) is 4.16. The normalized spacial score (nSPS) is 27.6. The molecule has 0 saturated carbocycles. The molecule has 20 heavy (non-hydrogen) atoms. The van der Waals surface area contributed by atoms with Gasteiger partial charge in [0.05, 0.1) is 0 Å². The van der Waals surface area contributed by atoms with Crippen LogP contribution in [0.3, 0.4) is 0 Å². The third kappa shape index (κ3) is 1.97. The number of fused-ring (bicyclic) bond motifs is 2. The van der Waals surface area contributed by atoms with Gasteiger partial charge < -0.3 is 9.41 Å². The van der Waals surface area contributed by atoms with Crippen LogP contribution in [0.5, 0.6) is 0 Å². The first-order chi connectivity index (χ1) is 8.85. The molecule has 1 aromatic carbocycles. The van der Waals surface area contributed by atoms with Crippen molar-refractivity contribution in [3.8, 4) is 0 Å². The van der Waals surface area contributed by atoms with Gasteiger partial charge in [0, 0.05) is 0 Å². The van der Waals surface area contributed by atoms with Crippen molar-refractivity contribution in [3.05, 3.63) is 62.2 Å². The Bertz CT molecular complexity index is 621. The van der Waals surface area contributed by atoms with Crippen LogP contribution in [-0.2, 0) is 26.1 Å². The van der Waals surface area contributed by atoms with Gasteiger partial charge in [-0.15, -0.1) is 0 Å². The zero-order chi connectivity index (χ0) is 12.2. The van der Waals surface area contributed by atoms with Crippen LogP contribution in [0.15, 0.2) is 51.1 Å². The minimum atomic E-state index is -0.487. The average molecular weight is 367 g/mol. The zero-order valence-corrected chi connectivity index (χ0v) is 14.6. The Morgan fingerprint density at radius 3 is 2.80 bits per heavy atom. The number of hydrogen-bond donors (Lipinski definition) is 0. The molecule has 2 atom stereocenters. The Hall–Kier alpha value is -0.387. The van der Waals surface area contributed by atoms with Crippen LogP contribution in [0, 0.1) is 0 Å². The molecule has 2 unspecified atom stereocenters. The zero-order valence-electron chi connectivity index (χ0n) is 11.2. The molecule has 0 N–H and O–H groups in total. The number of benzene rings is 1. The van der Waals surface area contributed by atoms with E-state index in [9.17, 15) is 0 Å². The summed E-state index contributed by atoms with van der Waals surface area (Å²) in [5, 5.41) is 1.78. The van der Waals surface area contributed by atoms with Crippen LogP contribution in [0.1, 0.15) is 24.5 Å². The second-order valence-corrected chi connectivity index (χ2v) is 12.8. The van der Waals surface area contributed by atoms with Gasteiger partial charge in [0.25, 0.3) is 0 Å². The fourth-order valence-corrected chi connectivity index (χ4v) is 14.9. The molecule has 4 rings (SSSR count). The van der Waals surface area contributed by atoms with Gasteiger partial charge in [0.15, 0.2) is 0 Å². The van der Waals surface area contributed by atoms with Crippen molar-refractivity contribution in [2.75, 3.05) is 6.16 Å². The van der Waals surface area contributed by atoms with Gasteiger partial charge in [-0.05, 0) is 0 Å². The number of hydrogen-bond acceptors (Lipinski definition) is 0. The molecule has 1 spiro atoms. The van der Waals surface area contributed by atoms with Crippen molar-refractivity contribution in [2.45, 2.75) is 16.2 Å². The van der Waals surface area contributed by atoms with E-state index in [1.165, 1.54) is 18.1 Å².